The summed E-state index contributed by atoms with van der Waals surface area (Å²) >= 11 is 1.91. The molecule has 1 aromatic rings. The van der Waals surface area contributed by atoms with E-state index < -0.39 is 0 Å². The molecule has 2 nitrogen and oxygen atoms in total. The third-order valence-corrected chi connectivity index (χ3v) is 4.22. The van der Waals surface area contributed by atoms with Crippen molar-refractivity contribution in [1.82, 2.24) is 10.6 Å². The van der Waals surface area contributed by atoms with Crippen molar-refractivity contribution in [2.75, 3.05) is 13.1 Å². The first kappa shape index (κ1) is 11.1. The van der Waals surface area contributed by atoms with Gasteiger partial charge < -0.3 is 10.6 Å². The molecule has 0 radical (unpaired) electrons. The summed E-state index contributed by atoms with van der Waals surface area (Å²) in [6.07, 6.45) is 2.67. The number of rotatable bonds is 4. The minimum absolute atomic E-state index is 0.701. The molecule has 1 aliphatic heterocycles. The van der Waals surface area contributed by atoms with Crippen LogP contribution in [-0.2, 0) is 6.54 Å². The van der Waals surface area contributed by atoms with Gasteiger partial charge in [0.2, 0.25) is 0 Å². The maximum absolute atomic E-state index is 3.53. The third kappa shape index (κ3) is 3.03. The highest BCUT2D eigenvalue weighted by Gasteiger charge is 2.12. The van der Waals surface area contributed by atoms with Gasteiger partial charge >= 0.3 is 0 Å². The molecule has 1 aromatic heterocycles. The van der Waals surface area contributed by atoms with Gasteiger partial charge in [0.1, 0.15) is 0 Å². The lowest BCUT2D eigenvalue weighted by Crippen LogP contribution is -2.33. The Morgan fingerprint density at radius 3 is 3.00 bits per heavy atom. The third-order valence-electron chi connectivity index (χ3n) is 3.07. The smallest absolute Gasteiger partial charge is 0.0300 e. The molecule has 0 aliphatic carbocycles. The Hall–Kier alpha value is -0.380. The monoisotopic (exact) mass is 224 g/mol. The van der Waals surface area contributed by atoms with E-state index in [1.807, 2.05) is 11.3 Å². The van der Waals surface area contributed by atoms with E-state index in [0.29, 0.717) is 6.04 Å². The van der Waals surface area contributed by atoms with Gasteiger partial charge in [-0.25, -0.2) is 0 Å². The number of nitrogens with one attached hydrogen (secondary N) is 2. The average molecular weight is 224 g/mol. The Morgan fingerprint density at radius 1 is 1.53 bits per heavy atom. The molecule has 0 amide bonds. The lowest BCUT2D eigenvalue weighted by molar-refractivity contribution is 0.537. The zero-order chi connectivity index (χ0) is 10.7. The van der Waals surface area contributed by atoms with Crippen LogP contribution in [0.25, 0.3) is 0 Å². The zero-order valence-corrected chi connectivity index (χ0v) is 10.4. The number of thiophene rings is 1. The van der Waals surface area contributed by atoms with Crippen molar-refractivity contribution in [2.24, 2.45) is 0 Å². The zero-order valence-electron chi connectivity index (χ0n) is 9.60. The predicted octanol–water partition coefficient (Wildman–Crippen LogP) is 2.21. The largest absolute Gasteiger partial charge is 0.313 e. The SMILES string of the molecule is Cc1cc(CNCC2CCCN2)sc1C. The summed E-state index contributed by atoms with van der Waals surface area (Å²) in [7, 11) is 0. The minimum atomic E-state index is 0.701. The molecule has 2 heterocycles. The first-order valence-corrected chi connectivity index (χ1v) is 6.57. The van der Waals surface area contributed by atoms with Crippen molar-refractivity contribution in [3.8, 4) is 0 Å². The minimum Gasteiger partial charge on any atom is -0.313 e. The summed E-state index contributed by atoms with van der Waals surface area (Å²) in [6, 6.07) is 3.00. The Labute approximate surface area is 96.1 Å². The molecule has 15 heavy (non-hydrogen) atoms. The highest BCUT2D eigenvalue weighted by Crippen LogP contribution is 2.20. The van der Waals surface area contributed by atoms with E-state index in [2.05, 4.69) is 30.5 Å². The van der Waals surface area contributed by atoms with Crippen molar-refractivity contribution in [2.45, 2.75) is 39.3 Å². The van der Waals surface area contributed by atoms with Crippen LogP contribution in [0.15, 0.2) is 6.07 Å². The van der Waals surface area contributed by atoms with E-state index in [4.69, 9.17) is 0 Å². The van der Waals surface area contributed by atoms with Gasteiger partial charge in [0.15, 0.2) is 0 Å². The van der Waals surface area contributed by atoms with Crippen LogP contribution in [0.2, 0.25) is 0 Å². The number of aryl methyl sites for hydroxylation is 2. The molecule has 1 fully saturated rings. The fourth-order valence-electron chi connectivity index (χ4n) is 2.04. The molecule has 1 atom stereocenters. The second kappa shape index (κ2) is 5.10. The van der Waals surface area contributed by atoms with Gasteiger partial charge in [-0.3, -0.25) is 0 Å². The van der Waals surface area contributed by atoms with Crippen LogP contribution in [0.1, 0.15) is 28.2 Å². The van der Waals surface area contributed by atoms with Gasteiger partial charge in [-0.15, -0.1) is 11.3 Å². The molecular weight excluding hydrogens is 204 g/mol. The van der Waals surface area contributed by atoms with Crippen molar-refractivity contribution in [3.05, 3.63) is 21.4 Å². The van der Waals surface area contributed by atoms with Crippen LogP contribution in [0.5, 0.6) is 0 Å². The molecule has 1 unspecified atom stereocenters. The molecule has 2 N–H and O–H groups in total. The fraction of sp³-hybridized carbons (Fsp3) is 0.667. The predicted molar refractivity (Wildman–Crippen MR) is 66.5 cm³/mol. The van der Waals surface area contributed by atoms with E-state index in [1.165, 1.54) is 34.7 Å². The molecule has 0 bridgehead atoms. The van der Waals surface area contributed by atoms with E-state index in [9.17, 15) is 0 Å². The molecule has 2 rings (SSSR count). The van der Waals surface area contributed by atoms with Crippen molar-refractivity contribution >= 4 is 11.3 Å². The second-order valence-electron chi connectivity index (χ2n) is 4.38. The Morgan fingerprint density at radius 2 is 2.40 bits per heavy atom. The van der Waals surface area contributed by atoms with Crippen molar-refractivity contribution in [1.29, 1.82) is 0 Å². The van der Waals surface area contributed by atoms with Gasteiger partial charge in [0, 0.05) is 28.9 Å². The summed E-state index contributed by atoms with van der Waals surface area (Å²) in [5.74, 6) is 0. The summed E-state index contributed by atoms with van der Waals surface area (Å²) in [4.78, 5) is 2.91. The lowest BCUT2D eigenvalue weighted by Gasteiger charge is -2.10. The van der Waals surface area contributed by atoms with Crippen molar-refractivity contribution in [3.63, 3.8) is 0 Å². The summed E-state index contributed by atoms with van der Waals surface area (Å²) in [6.45, 7) is 7.72. The molecule has 0 spiro atoms. The molecule has 0 aromatic carbocycles. The summed E-state index contributed by atoms with van der Waals surface area (Å²) in [5, 5.41) is 7.03. The highest BCUT2D eigenvalue weighted by molar-refractivity contribution is 7.12. The Kier molecular flexibility index (Phi) is 3.78. The second-order valence-corrected chi connectivity index (χ2v) is 5.72. The Bertz CT molecular complexity index is 294. The van der Waals surface area contributed by atoms with Crippen LogP contribution in [0, 0.1) is 13.8 Å². The van der Waals surface area contributed by atoms with Crippen LogP contribution >= 0.6 is 11.3 Å². The normalized spacial score (nSPS) is 21.1. The van der Waals surface area contributed by atoms with E-state index in [-0.39, 0.29) is 0 Å². The van der Waals surface area contributed by atoms with Crippen LogP contribution in [-0.4, -0.2) is 19.1 Å². The Balaban J connectivity index is 1.73. The van der Waals surface area contributed by atoms with Gasteiger partial charge in [-0.1, -0.05) is 0 Å². The maximum atomic E-state index is 3.53. The first-order valence-electron chi connectivity index (χ1n) is 5.75. The number of hydrogen-bond donors (Lipinski definition) is 2. The standard InChI is InChI=1S/C12H20N2S/c1-9-6-12(15-10(9)2)8-13-7-11-4-3-5-14-11/h6,11,13-14H,3-5,7-8H2,1-2H3. The molecule has 1 aliphatic rings. The molecule has 3 heteroatoms. The highest BCUT2D eigenvalue weighted by atomic mass is 32.1. The lowest BCUT2D eigenvalue weighted by atomic mass is 10.2. The van der Waals surface area contributed by atoms with Gasteiger partial charge in [-0.05, 0) is 44.9 Å². The van der Waals surface area contributed by atoms with Crippen LogP contribution in [0.4, 0.5) is 0 Å². The molecule has 0 saturated carbocycles. The summed E-state index contributed by atoms with van der Waals surface area (Å²) < 4.78 is 0. The average Bonchev–Trinajstić information content (AvgIpc) is 2.79. The molecule has 1 saturated heterocycles. The quantitative estimate of drug-likeness (QED) is 0.819. The van der Waals surface area contributed by atoms with Gasteiger partial charge in [0.05, 0.1) is 0 Å². The van der Waals surface area contributed by atoms with Gasteiger partial charge in [-0.2, -0.15) is 0 Å². The van der Waals surface area contributed by atoms with Crippen LogP contribution in [0.3, 0.4) is 0 Å². The van der Waals surface area contributed by atoms with Crippen LogP contribution < -0.4 is 10.6 Å². The van der Waals surface area contributed by atoms with E-state index in [1.54, 1.807) is 0 Å². The maximum Gasteiger partial charge on any atom is 0.0300 e. The topological polar surface area (TPSA) is 24.1 Å². The first-order chi connectivity index (χ1) is 7.25. The van der Waals surface area contributed by atoms with Gasteiger partial charge in [0.25, 0.3) is 0 Å². The molecular formula is C12H20N2S. The van der Waals surface area contributed by atoms with E-state index >= 15 is 0 Å². The molecule has 84 valence electrons. The fourth-order valence-corrected chi connectivity index (χ4v) is 3.06. The van der Waals surface area contributed by atoms with Crippen molar-refractivity contribution < 1.29 is 0 Å². The number of hydrogen-bond acceptors (Lipinski definition) is 3. The van der Waals surface area contributed by atoms with E-state index in [0.717, 1.165) is 13.1 Å². The summed E-state index contributed by atoms with van der Waals surface area (Å²) in [5.41, 5.74) is 1.43.